The summed E-state index contributed by atoms with van der Waals surface area (Å²) in [5.74, 6) is 0.529. The summed E-state index contributed by atoms with van der Waals surface area (Å²) >= 11 is 6.66. The smallest absolute Gasteiger partial charge is 0.137 e. The van der Waals surface area contributed by atoms with Crippen LogP contribution in [-0.4, -0.2) is 7.11 Å². The van der Waals surface area contributed by atoms with Crippen molar-refractivity contribution in [1.82, 2.24) is 0 Å². The van der Waals surface area contributed by atoms with Gasteiger partial charge < -0.3 is 10.1 Å². The predicted molar refractivity (Wildman–Crippen MR) is 86.8 cm³/mol. The summed E-state index contributed by atoms with van der Waals surface area (Å²) in [7, 11) is 1.64. The minimum atomic E-state index is -0.268. The molecule has 0 aliphatic heterocycles. The molecule has 0 fully saturated rings. The molecular formula is C15H14Br2FNO. The van der Waals surface area contributed by atoms with E-state index in [4.69, 9.17) is 4.74 Å². The van der Waals surface area contributed by atoms with Crippen molar-refractivity contribution in [2.75, 3.05) is 12.4 Å². The molecular weight excluding hydrogens is 389 g/mol. The molecule has 0 aromatic heterocycles. The van der Waals surface area contributed by atoms with E-state index in [1.165, 1.54) is 6.07 Å². The first-order valence-electron chi connectivity index (χ1n) is 6.06. The van der Waals surface area contributed by atoms with Crippen LogP contribution in [0.3, 0.4) is 0 Å². The summed E-state index contributed by atoms with van der Waals surface area (Å²) in [6.07, 6.45) is 0. The van der Waals surface area contributed by atoms with Gasteiger partial charge in [-0.2, -0.15) is 0 Å². The zero-order valence-electron chi connectivity index (χ0n) is 11.1. The second kappa shape index (κ2) is 6.59. The topological polar surface area (TPSA) is 21.3 Å². The number of rotatable bonds is 4. The molecule has 1 N–H and O–H groups in total. The Balaban J connectivity index is 2.17. The van der Waals surface area contributed by atoms with Gasteiger partial charge in [0.15, 0.2) is 0 Å². The van der Waals surface area contributed by atoms with Crippen molar-refractivity contribution in [1.29, 1.82) is 0 Å². The lowest BCUT2D eigenvalue weighted by Gasteiger charge is -2.17. The fraction of sp³-hybridized carbons (Fsp3) is 0.200. The maximum Gasteiger partial charge on any atom is 0.137 e. The van der Waals surface area contributed by atoms with Gasteiger partial charge in [-0.05, 0) is 74.7 Å². The van der Waals surface area contributed by atoms with Crippen molar-refractivity contribution in [3.05, 3.63) is 56.7 Å². The summed E-state index contributed by atoms with van der Waals surface area (Å²) in [4.78, 5) is 0. The molecule has 2 nitrogen and oxygen atoms in total. The molecule has 0 bridgehead atoms. The zero-order valence-corrected chi connectivity index (χ0v) is 14.3. The molecule has 0 radical (unpaired) electrons. The Morgan fingerprint density at radius 3 is 2.45 bits per heavy atom. The highest BCUT2D eigenvalue weighted by atomic mass is 79.9. The Kier molecular flexibility index (Phi) is 5.05. The van der Waals surface area contributed by atoms with E-state index in [9.17, 15) is 4.39 Å². The van der Waals surface area contributed by atoms with Crippen LogP contribution in [-0.2, 0) is 0 Å². The number of hydrogen-bond acceptors (Lipinski definition) is 2. The number of benzene rings is 2. The first-order valence-corrected chi connectivity index (χ1v) is 7.65. The number of nitrogens with one attached hydrogen (secondary N) is 1. The summed E-state index contributed by atoms with van der Waals surface area (Å²) in [5.41, 5.74) is 1.97. The second-order valence-corrected chi connectivity index (χ2v) is 6.10. The molecule has 1 unspecified atom stereocenters. The number of halogens is 3. The fourth-order valence-corrected chi connectivity index (χ4v) is 2.81. The standard InChI is InChI=1S/C15H14Br2FNO/c1-9(10-3-6-15(20-2)13(17)7-10)19-11-4-5-14(18)12(16)8-11/h3-9,19H,1-2H3. The van der Waals surface area contributed by atoms with Crippen LogP contribution in [0.2, 0.25) is 0 Å². The summed E-state index contributed by atoms with van der Waals surface area (Å²) < 4.78 is 19.8. The maximum atomic E-state index is 13.2. The Bertz CT molecular complexity index is 619. The predicted octanol–water partition coefficient (Wildman–Crippen LogP) is 5.53. The van der Waals surface area contributed by atoms with E-state index < -0.39 is 0 Å². The lowest BCUT2D eigenvalue weighted by atomic mass is 10.1. The average Bonchev–Trinajstić information content (AvgIpc) is 2.42. The average molecular weight is 403 g/mol. The molecule has 2 aromatic rings. The molecule has 0 amide bonds. The lowest BCUT2D eigenvalue weighted by molar-refractivity contribution is 0.412. The van der Waals surface area contributed by atoms with Crippen LogP contribution in [0.25, 0.3) is 0 Å². The summed E-state index contributed by atoms with van der Waals surface area (Å²) in [6.45, 7) is 2.05. The monoisotopic (exact) mass is 401 g/mol. The largest absolute Gasteiger partial charge is 0.496 e. The number of ether oxygens (including phenoxy) is 1. The van der Waals surface area contributed by atoms with Crippen molar-refractivity contribution in [2.45, 2.75) is 13.0 Å². The molecule has 2 rings (SSSR count). The second-order valence-electron chi connectivity index (χ2n) is 4.39. The zero-order chi connectivity index (χ0) is 14.7. The van der Waals surface area contributed by atoms with Gasteiger partial charge in [0, 0.05) is 11.7 Å². The normalized spacial score (nSPS) is 12.1. The molecule has 20 heavy (non-hydrogen) atoms. The lowest BCUT2D eigenvalue weighted by Crippen LogP contribution is -2.06. The highest BCUT2D eigenvalue weighted by Crippen LogP contribution is 2.30. The van der Waals surface area contributed by atoms with Gasteiger partial charge in [0.1, 0.15) is 11.6 Å². The minimum absolute atomic E-state index is 0.0922. The van der Waals surface area contributed by atoms with E-state index >= 15 is 0 Å². The molecule has 5 heteroatoms. The molecule has 2 aromatic carbocycles. The van der Waals surface area contributed by atoms with Crippen LogP contribution in [0.1, 0.15) is 18.5 Å². The van der Waals surface area contributed by atoms with Crippen LogP contribution in [0, 0.1) is 5.82 Å². The third kappa shape index (κ3) is 3.52. The number of hydrogen-bond donors (Lipinski definition) is 1. The molecule has 0 aliphatic rings. The van der Waals surface area contributed by atoms with E-state index in [-0.39, 0.29) is 11.9 Å². The highest BCUT2D eigenvalue weighted by Gasteiger charge is 2.09. The Hall–Kier alpha value is -1.07. The summed E-state index contributed by atoms with van der Waals surface area (Å²) in [5, 5.41) is 3.33. The first kappa shape index (κ1) is 15.3. The van der Waals surface area contributed by atoms with Crippen LogP contribution in [0.5, 0.6) is 5.75 Å². The molecule has 106 valence electrons. The van der Waals surface area contributed by atoms with E-state index in [2.05, 4.69) is 37.2 Å². The van der Waals surface area contributed by atoms with Crippen LogP contribution in [0.4, 0.5) is 10.1 Å². The van der Waals surface area contributed by atoms with E-state index in [0.717, 1.165) is 21.5 Å². The minimum Gasteiger partial charge on any atom is -0.496 e. The van der Waals surface area contributed by atoms with Gasteiger partial charge >= 0.3 is 0 Å². The molecule has 0 spiro atoms. The van der Waals surface area contributed by atoms with Gasteiger partial charge in [-0.15, -0.1) is 0 Å². The number of anilines is 1. The van der Waals surface area contributed by atoms with Crippen LogP contribution < -0.4 is 10.1 Å². The summed E-state index contributed by atoms with van der Waals surface area (Å²) in [6, 6.07) is 10.9. The van der Waals surface area contributed by atoms with Crippen molar-refractivity contribution in [3.8, 4) is 5.75 Å². The SMILES string of the molecule is COc1ccc(C(C)Nc2ccc(F)c(Br)c2)cc1Br. The molecule has 0 saturated heterocycles. The Morgan fingerprint density at radius 1 is 1.10 bits per heavy atom. The van der Waals surface area contributed by atoms with Gasteiger partial charge in [-0.3, -0.25) is 0 Å². The van der Waals surface area contributed by atoms with Crippen molar-refractivity contribution < 1.29 is 9.13 Å². The van der Waals surface area contributed by atoms with Crippen LogP contribution in [0.15, 0.2) is 45.3 Å². The quantitative estimate of drug-likeness (QED) is 0.725. The van der Waals surface area contributed by atoms with Gasteiger partial charge in [0.05, 0.1) is 16.1 Å². The maximum absolute atomic E-state index is 13.2. The fourth-order valence-electron chi connectivity index (χ4n) is 1.87. The van der Waals surface area contributed by atoms with Crippen molar-refractivity contribution >= 4 is 37.5 Å². The van der Waals surface area contributed by atoms with Gasteiger partial charge in [0.25, 0.3) is 0 Å². The van der Waals surface area contributed by atoms with Gasteiger partial charge in [-0.25, -0.2) is 4.39 Å². The van der Waals surface area contributed by atoms with E-state index in [1.807, 2.05) is 25.1 Å². The van der Waals surface area contributed by atoms with E-state index in [0.29, 0.717) is 4.47 Å². The molecule has 0 aliphatic carbocycles. The third-order valence-corrected chi connectivity index (χ3v) is 4.21. The highest BCUT2D eigenvalue weighted by molar-refractivity contribution is 9.10. The van der Waals surface area contributed by atoms with Crippen molar-refractivity contribution in [2.24, 2.45) is 0 Å². The molecule has 1 atom stereocenters. The van der Waals surface area contributed by atoms with E-state index in [1.54, 1.807) is 19.2 Å². The third-order valence-electron chi connectivity index (χ3n) is 2.98. The number of methoxy groups -OCH3 is 1. The van der Waals surface area contributed by atoms with Crippen LogP contribution >= 0.6 is 31.9 Å². The van der Waals surface area contributed by atoms with Gasteiger partial charge in [-0.1, -0.05) is 6.07 Å². The Labute approximate surface area is 134 Å². The molecule has 0 heterocycles. The van der Waals surface area contributed by atoms with Gasteiger partial charge in [0.2, 0.25) is 0 Å². The Morgan fingerprint density at radius 2 is 1.85 bits per heavy atom. The first-order chi connectivity index (χ1) is 9.51. The van der Waals surface area contributed by atoms with Crippen molar-refractivity contribution in [3.63, 3.8) is 0 Å². The molecule has 0 saturated carbocycles.